The first-order chi connectivity index (χ1) is 9.95. The van der Waals surface area contributed by atoms with Gasteiger partial charge in [0.1, 0.15) is 5.75 Å². The third kappa shape index (κ3) is 4.48. The number of aryl methyl sites for hydroxylation is 2. The average molecular weight is 289 g/mol. The Balaban J connectivity index is 1.84. The lowest BCUT2D eigenvalue weighted by atomic mass is 9.78. The molecule has 1 fully saturated rings. The number of hydrogen-bond donors (Lipinski definition) is 1. The van der Waals surface area contributed by atoms with E-state index in [4.69, 9.17) is 4.74 Å². The molecule has 0 aromatic heterocycles. The van der Waals surface area contributed by atoms with E-state index in [1.54, 1.807) is 0 Å². The maximum absolute atomic E-state index is 12.1. The molecule has 0 bridgehead atoms. The van der Waals surface area contributed by atoms with E-state index in [9.17, 15) is 4.79 Å². The highest BCUT2D eigenvalue weighted by Crippen LogP contribution is 2.29. The average Bonchev–Trinajstić information content (AvgIpc) is 2.41. The van der Waals surface area contributed by atoms with Crippen molar-refractivity contribution in [3.63, 3.8) is 0 Å². The number of benzene rings is 1. The van der Waals surface area contributed by atoms with E-state index in [2.05, 4.69) is 25.2 Å². The summed E-state index contributed by atoms with van der Waals surface area (Å²) in [7, 11) is 0. The van der Waals surface area contributed by atoms with E-state index in [0.29, 0.717) is 17.9 Å². The number of hydrogen-bond acceptors (Lipinski definition) is 2. The summed E-state index contributed by atoms with van der Waals surface area (Å²) < 4.78 is 5.62. The number of amides is 1. The van der Waals surface area contributed by atoms with Gasteiger partial charge in [-0.3, -0.25) is 4.79 Å². The van der Waals surface area contributed by atoms with Crippen LogP contribution < -0.4 is 10.1 Å². The van der Waals surface area contributed by atoms with Crippen LogP contribution in [-0.2, 0) is 4.79 Å². The third-order valence-electron chi connectivity index (χ3n) is 4.62. The third-order valence-corrected chi connectivity index (χ3v) is 4.62. The molecule has 1 saturated carbocycles. The first-order valence-electron chi connectivity index (χ1n) is 7.96. The van der Waals surface area contributed by atoms with Crippen LogP contribution in [0.5, 0.6) is 5.75 Å². The fraction of sp³-hybridized carbons (Fsp3) is 0.611. The molecular weight excluding hydrogens is 262 g/mol. The zero-order valence-electron chi connectivity index (χ0n) is 13.6. The van der Waals surface area contributed by atoms with Gasteiger partial charge in [-0.1, -0.05) is 32.8 Å². The number of rotatable bonds is 4. The summed E-state index contributed by atoms with van der Waals surface area (Å²) in [5.41, 5.74) is 2.31. The largest absolute Gasteiger partial charge is 0.484 e. The van der Waals surface area contributed by atoms with Crippen molar-refractivity contribution in [1.29, 1.82) is 0 Å². The SMILES string of the molecule is Cc1cc(C)cc(OCC(=O)N[C@H]2CCC[C@H](C)[C@@H]2C)c1. The summed E-state index contributed by atoms with van der Waals surface area (Å²) in [6, 6.07) is 6.32. The van der Waals surface area contributed by atoms with Crippen LogP contribution in [0.1, 0.15) is 44.2 Å². The van der Waals surface area contributed by atoms with Crippen molar-refractivity contribution in [1.82, 2.24) is 5.32 Å². The maximum Gasteiger partial charge on any atom is 0.258 e. The predicted molar refractivity (Wildman–Crippen MR) is 85.5 cm³/mol. The molecule has 1 aliphatic rings. The standard InChI is InChI=1S/C18H27NO2/c1-12-8-13(2)10-16(9-12)21-11-18(20)19-17-7-5-6-14(3)15(17)4/h8-10,14-15,17H,5-7,11H2,1-4H3,(H,19,20)/t14-,15-,17-/m0/s1. The van der Waals surface area contributed by atoms with E-state index in [0.717, 1.165) is 23.3 Å². The first-order valence-corrected chi connectivity index (χ1v) is 7.96. The predicted octanol–water partition coefficient (Wildman–Crippen LogP) is 3.62. The molecule has 3 atom stereocenters. The van der Waals surface area contributed by atoms with Gasteiger partial charge in [-0.15, -0.1) is 0 Å². The van der Waals surface area contributed by atoms with Gasteiger partial charge in [-0.2, -0.15) is 0 Å². The van der Waals surface area contributed by atoms with Crippen molar-refractivity contribution < 1.29 is 9.53 Å². The van der Waals surface area contributed by atoms with Gasteiger partial charge in [0, 0.05) is 6.04 Å². The van der Waals surface area contributed by atoms with E-state index in [1.807, 2.05) is 26.0 Å². The Morgan fingerprint density at radius 2 is 1.86 bits per heavy atom. The highest BCUT2D eigenvalue weighted by Gasteiger charge is 2.28. The fourth-order valence-electron chi connectivity index (χ4n) is 3.20. The minimum absolute atomic E-state index is 0.0138. The fourth-order valence-corrected chi connectivity index (χ4v) is 3.20. The van der Waals surface area contributed by atoms with Gasteiger partial charge in [-0.05, 0) is 55.4 Å². The Kier molecular flexibility index (Phi) is 5.27. The van der Waals surface area contributed by atoms with Crippen molar-refractivity contribution in [2.45, 2.75) is 53.0 Å². The lowest BCUT2D eigenvalue weighted by Gasteiger charge is -2.34. The second kappa shape index (κ2) is 6.97. The molecule has 1 aromatic carbocycles. The van der Waals surface area contributed by atoms with Crippen LogP contribution >= 0.6 is 0 Å². The monoisotopic (exact) mass is 289 g/mol. The topological polar surface area (TPSA) is 38.3 Å². The van der Waals surface area contributed by atoms with Gasteiger partial charge in [0.25, 0.3) is 5.91 Å². The Morgan fingerprint density at radius 3 is 2.52 bits per heavy atom. The molecular formula is C18H27NO2. The van der Waals surface area contributed by atoms with E-state index >= 15 is 0 Å². The van der Waals surface area contributed by atoms with Crippen LogP contribution in [0.15, 0.2) is 18.2 Å². The van der Waals surface area contributed by atoms with E-state index in [1.165, 1.54) is 12.8 Å². The van der Waals surface area contributed by atoms with Gasteiger partial charge in [-0.25, -0.2) is 0 Å². The van der Waals surface area contributed by atoms with E-state index < -0.39 is 0 Å². The van der Waals surface area contributed by atoms with Gasteiger partial charge >= 0.3 is 0 Å². The summed E-state index contributed by atoms with van der Waals surface area (Å²) in [6.07, 6.45) is 3.56. The Bertz CT molecular complexity index is 478. The van der Waals surface area contributed by atoms with Gasteiger partial charge in [0.15, 0.2) is 6.61 Å². The first kappa shape index (κ1) is 15.9. The highest BCUT2D eigenvalue weighted by atomic mass is 16.5. The molecule has 1 amide bonds. The second-order valence-corrected chi connectivity index (χ2v) is 6.55. The molecule has 2 rings (SSSR count). The van der Waals surface area contributed by atoms with Crippen molar-refractivity contribution >= 4 is 5.91 Å². The zero-order valence-corrected chi connectivity index (χ0v) is 13.6. The van der Waals surface area contributed by atoms with Gasteiger partial charge in [0.05, 0.1) is 0 Å². The van der Waals surface area contributed by atoms with Crippen LogP contribution in [0.3, 0.4) is 0 Å². The number of ether oxygens (including phenoxy) is 1. The molecule has 0 unspecified atom stereocenters. The zero-order chi connectivity index (χ0) is 15.4. The van der Waals surface area contributed by atoms with Crippen molar-refractivity contribution in [3.8, 4) is 5.75 Å². The molecule has 0 radical (unpaired) electrons. The molecule has 0 spiro atoms. The maximum atomic E-state index is 12.1. The van der Waals surface area contributed by atoms with Crippen molar-refractivity contribution in [2.24, 2.45) is 11.8 Å². The minimum atomic E-state index is -0.0138. The Hall–Kier alpha value is -1.51. The molecule has 0 heterocycles. The van der Waals surface area contributed by atoms with Crippen molar-refractivity contribution in [3.05, 3.63) is 29.3 Å². The minimum Gasteiger partial charge on any atom is -0.484 e. The molecule has 1 aromatic rings. The highest BCUT2D eigenvalue weighted by molar-refractivity contribution is 5.77. The summed E-state index contributed by atoms with van der Waals surface area (Å²) in [5.74, 6) is 1.99. The molecule has 1 aliphatic carbocycles. The number of carbonyl (C=O) groups excluding carboxylic acids is 1. The second-order valence-electron chi connectivity index (χ2n) is 6.55. The number of nitrogens with one attached hydrogen (secondary N) is 1. The summed E-state index contributed by atoms with van der Waals surface area (Å²) >= 11 is 0. The molecule has 21 heavy (non-hydrogen) atoms. The quantitative estimate of drug-likeness (QED) is 0.919. The molecule has 0 aliphatic heterocycles. The normalized spacial score (nSPS) is 25.4. The summed E-state index contributed by atoms with van der Waals surface area (Å²) in [5, 5.41) is 3.13. The smallest absolute Gasteiger partial charge is 0.258 e. The van der Waals surface area contributed by atoms with E-state index in [-0.39, 0.29) is 12.5 Å². The lowest BCUT2D eigenvalue weighted by Crippen LogP contribution is -2.45. The van der Waals surface area contributed by atoms with Crippen LogP contribution in [0, 0.1) is 25.7 Å². The molecule has 116 valence electrons. The van der Waals surface area contributed by atoms with Crippen LogP contribution in [0.2, 0.25) is 0 Å². The van der Waals surface area contributed by atoms with Gasteiger partial charge < -0.3 is 10.1 Å². The lowest BCUT2D eigenvalue weighted by molar-refractivity contribution is -0.124. The van der Waals surface area contributed by atoms with Crippen LogP contribution in [0.25, 0.3) is 0 Å². The Labute approximate surface area is 128 Å². The molecule has 0 saturated heterocycles. The van der Waals surface area contributed by atoms with Crippen LogP contribution in [0.4, 0.5) is 0 Å². The number of carbonyl (C=O) groups is 1. The summed E-state index contributed by atoms with van der Waals surface area (Å²) in [4.78, 5) is 12.1. The molecule has 3 heteroatoms. The van der Waals surface area contributed by atoms with Gasteiger partial charge in [0.2, 0.25) is 0 Å². The molecule has 3 nitrogen and oxygen atoms in total. The van der Waals surface area contributed by atoms with Crippen LogP contribution in [-0.4, -0.2) is 18.6 Å². The summed E-state index contributed by atoms with van der Waals surface area (Å²) in [6.45, 7) is 8.67. The Morgan fingerprint density at radius 1 is 1.19 bits per heavy atom. The van der Waals surface area contributed by atoms with Crippen molar-refractivity contribution in [2.75, 3.05) is 6.61 Å². The molecule has 1 N–H and O–H groups in total.